The topological polar surface area (TPSA) is 70.6 Å². The minimum absolute atomic E-state index is 0.111. The van der Waals surface area contributed by atoms with Gasteiger partial charge in [-0.25, -0.2) is 4.99 Å². The van der Waals surface area contributed by atoms with E-state index in [1.54, 1.807) is 0 Å². The molecule has 2 N–H and O–H groups in total. The summed E-state index contributed by atoms with van der Waals surface area (Å²) >= 11 is 1.32. The van der Waals surface area contributed by atoms with Crippen molar-refractivity contribution < 1.29 is 9.59 Å². The van der Waals surface area contributed by atoms with Crippen molar-refractivity contribution in [2.24, 2.45) is 4.99 Å². The van der Waals surface area contributed by atoms with Gasteiger partial charge in [-0.1, -0.05) is 62.0 Å². The molecule has 0 radical (unpaired) electrons. The van der Waals surface area contributed by atoms with Gasteiger partial charge in [-0.2, -0.15) is 0 Å². The van der Waals surface area contributed by atoms with E-state index in [0.717, 1.165) is 40.9 Å². The van der Waals surface area contributed by atoms with Crippen LogP contribution in [0.4, 0.5) is 11.4 Å². The number of anilines is 1. The van der Waals surface area contributed by atoms with Gasteiger partial charge in [0.2, 0.25) is 11.8 Å². The van der Waals surface area contributed by atoms with Gasteiger partial charge >= 0.3 is 0 Å². The third kappa shape index (κ3) is 4.62. The van der Waals surface area contributed by atoms with Gasteiger partial charge in [-0.15, -0.1) is 0 Å². The summed E-state index contributed by atoms with van der Waals surface area (Å²) < 4.78 is 0. The Balaban J connectivity index is 1.71. The average Bonchev–Trinajstić information content (AvgIpc) is 3.02. The molecule has 3 rings (SSSR count). The number of benzene rings is 2. The largest absolute Gasteiger partial charge is 0.326 e. The number of nitrogens with one attached hydrogen (secondary N) is 2. The monoisotopic (exact) mass is 395 g/mol. The van der Waals surface area contributed by atoms with Crippen LogP contribution in [0.2, 0.25) is 0 Å². The lowest BCUT2D eigenvalue weighted by atomic mass is 10.0. The zero-order chi connectivity index (χ0) is 20.1. The highest BCUT2D eigenvalue weighted by molar-refractivity contribution is 8.15. The first-order valence-corrected chi connectivity index (χ1v) is 10.4. The molecule has 1 aliphatic heterocycles. The van der Waals surface area contributed by atoms with Gasteiger partial charge < -0.3 is 10.6 Å². The quantitative estimate of drug-likeness (QED) is 0.763. The summed E-state index contributed by atoms with van der Waals surface area (Å²) in [6.45, 7) is 6.13. The second-order valence-electron chi connectivity index (χ2n) is 6.71. The van der Waals surface area contributed by atoms with Crippen LogP contribution < -0.4 is 10.6 Å². The summed E-state index contributed by atoms with van der Waals surface area (Å²) in [7, 11) is 0. The maximum atomic E-state index is 12.4. The Hall–Kier alpha value is -2.60. The molecule has 2 aromatic carbocycles. The highest BCUT2D eigenvalue weighted by Gasteiger charge is 2.32. The van der Waals surface area contributed by atoms with Gasteiger partial charge in [0.15, 0.2) is 5.17 Å². The minimum atomic E-state index is -0.471. The number of carbonyl (C=O) groups excluding carboxylic acids is 2. The van der Waals surface area contributed by atoms with E-state index in [4.69, 9.17) is 4.99 Å². The number of aliphatic imine (C=N–C) groups is 1. The van der Waals surface area contributed by atoms with Gasteiger partial charge in [0, 0.05) is 12.1 Å². The molecular formula is C22H25N3O2S. The van der Waals surface area contributed by atoms with E-state index in [1.807, 2.05) is 37.3 Å². The van der Waals surface area contributed by atoms with E-state index in [2.05, 4.69) is 36.6 Å². The fourth-order valence-electron chi connectivity index (χ4n) is 3.14. The number of aryl methyl sites for hydroxylation is 3. The molecule has 0 saturated carbocycles. The van der Waals surface area contributed by atoms with E-state index in [-0.39, 0.29) is 18.2 Å². The highest BCUT2D eigenvalue weighted by Crippen LogP contribution is 2.30. The third-order valence-electron chi connectivity index (χ3n) is 4.74. The number of hydrogen-bond donors (Lipinski definition) is 2. The van der Waals surface area contributed by atoms with E-state index < -0.39 is 5.25 Å². The zero-order valence-corrected chi connectivity index (χ0v) is 17.2. The molecule has 1 heterocycles. The van der Waals surface area contributed by atoms with Gasteiger partial charge in [-0.05, 0) is 42.5 Å². The molecule has 1 fully saturated rings. The van der Waals surface area contributed by atoms with Gasteiger partial charge in [0.05, 0.1) is 5.69 Å². The Bertz CT molecular complexity index is 901. The van der Waals surface area contributed by atoms with Crippen LogP contribution in [0.3, 0.4) is 0 Å². The molecule has 1 atom stereocenters. The van der Waals surface area contributed by atoms with Crippen molar-refractivity contribution >= 4 is 40.1 Å². The summed E-state index contributed by atoms with van der Waals surface area (Å²) in [4.78, 5) is 29.5. The molecule has 6 heteroatoms. The molecular weight excluding hydrogens is 370 g/mol. The van der Waals surface area contributed by atoms with Gasteiger partial charge in [0.1, 0.15) is 5.25 Å². The number of thioether (sulfide) groups is 1. The highest BCUT2D eigenvalue weighted by atomic mass is 32.2. The van der Waals surface area contributed by atoms with E-state index >= 15 is 0 Å². The molecule has 5 nitrogen and oxygen atoms in total. The SMILES string of the molecule is CCc1cccc(CC)c1N=C1NC(=O)[C@H](CC(=O)Nc2ccccc2C)S1. The molecule has 0 aromatic heterocycles. The van der Waals surface area contributed by atoms with Crippen molar-refractivity contribution in [3.05, 3.63) is 59.2 Å². The summed E-state index contributed by atoms with van der Waals surface area (Å²) in [5, 5.41) is 5.81. The number of amidine groups is 1. The predicted molar refractivity (Wildman–Crippen MR) is 116 cm³/mol. The van der Waals surface area contributed by atoms with Crippen LogP contribution >= 0.6 is 11.8 Å². The van der Waals surface area contributed by atoms with Crippen LogP contribution in [0.25, 0.3) is 0 Å². The maximum absolute atomic E-state index is 12.4. The van der Waals surface area contributed by atoms with Crippen molar-refractivity contribution in [2.45, 2.75) is 45.3 Å². The number of nitrogens with zero attached hydrogens (tertiary/aromatic N) is 1. The Morgan fingerprint density at radius 3 is 2.43 bits per heavy atom. The second kappa shape index (κ2) is 9.06. The smallest absolute Gasteiger partial charge is 0.240 e. The lowest BCUT2D eigenvalue weighted by molar-refractivity contribution is -0.122. The Kier molecular flexibility index (Phi) is 6.52. The third-order valence-corrected chi connectivity index (χ3v) is 5.83. The lowest BCUT2D eigenvalue weighted by Gasteiger charge is -2.10. The Labute approximate surface area is 170 Å². The first kappa shape index (κ1) is 20.1. The Morgan fingerprint density at radius 1 is 1.11 bits per heavy atom. The number of carbonyl (C=O) groups is 2. The molecule has 28 heavy (non-hydrogen) atoms. The molecule has 2 amide bonds. The minimum Gasteiger partial charge on any atom is -0.326 e. The molecule has 1 aliphatic rings. The van der Waals surface area contributed by atoms with E-state index in [1.165, 1.54) is 11.8 Å². The standard InChI is InChI=1S/C22H25N3O2S/c1-4-15-10-8-11-16(5-2)20(15)24-22-25-21(27)18(28-22)13-19(26)23-17-12-7-6-9-14(17)3/h6-12,18H,4-5,13H2,1-3H3,(H,23,26)(H,24,25,27)/t18-/m0/s1. The first-order valence-electron chi connectivity index (χ1n) is 9.54. The van der Waals surface area contributed by atoms with Crippen LogP contribution in [0.1, 0.15) is 37.0 Å². The molecule has 2 aromatic rings. The van der Waals surface area contributed by atoms with Crippen molar-refractivity contribution in [1.82, 2.24) is 5.32 Å². The second-order valence-corrected chi connectivity index (χ2v) is 7.90. The number of hydrogen-bond acceptors (Lipinski definition) is 4. The summed E-state index contributed by atoms with van der Waals surface area (Å²) in [6, 6.07) is 13.8. The zero-order valence-electron chi connectivity index (χ0n) is 16.4. The van der Waals surface area contributed by atoms with Crippen LogP contribution in [0.15, 0.2) is 47.5 Å². The first-order chi connectivity index (χ1) is 13.5. The Morgan fingerprint density at radius 2 is 1.79 bits per heavy atom. The number of amides is 2. The van der Waals surface area contributed by atoms with E-state index in [9.17, 15) is 9.59 Å². The predicted octanol–water partition coefficient (Wildman–Crippen LogP) is 4.37. The van der Waals surface area contributed by atoms with Gasteiger partial charge in [-0.3, -0.25) is 9.59 Å². The molecule has 0 bridgehead atoms. The fraction of sp³-hybridized carbons (Fsp3) is 0.318. The molecule has 1 saturated heterocycles. The summed E-state index contributed by atoms with van der Waals surface area (Å²) in [6.07, 6.45) is 1.86. The molecule has 0 unspecified atom stereocenters. The van der Waals surface area contributed by atoms with E-state index in [0.29, 0.717) is 5.17 Å². The maximum Gasteiger partial charge on any atom is 0.240 e. The van der Waals surface area contributed by atoms with Gasteiger partial charge in [0.25, 0.3) is 0 Å². The average molecular weight is 396 g/mol. The summed E-state index contributed by atoms with van der Waals surface area (Å²) in [5.74, 6) is -0.345. The van der Waals surface area contributed by atoms with Crippen molar-refractivity contribution in [3.63, 3.8) is 0 Å². The summed E-state index contributed by atoms with van der Waals surface area (Å²) in [5.41, 5.74) is 5.00. The molecule has 146 valence electrons. The van der Waals surface area contributed by atoms with Crippen molar-refractivity contribution in [2.75, 3.05) is 5.32 Å². The normalized spacial score (nSPS) is 17.6. The van der Waals surface area contributed by atoms with Crippen molar-refractivity contribution in [1.29, 1.82) is 0 Å². The van der Waals surface area contributed by atoms with Crippen LogP contribution in [-0.4, -0.2) is 22.2 Å². The fourth-order valence-corrected chi connectivity index (χ4v) is 4.11. The number of rotatable bonds is 6. The van der Waals surface area contributed by atoms with Crippen LogP contribution in [-0.2, 0) is 22.4 Å². The number of para-hydroxylation sites is 2. The van der Waals surface area contributed by atoms with Crippen LogP contribution in [0, 0.1) is 6.92 Å². The van der Waals surface area contributed by atoms with Crippen LogP contribution in [0.5, 0.6) is 0 Å². The molecule has 0 spiro atoms. The van der Waals surface area contributed by atoms with Crippen molar-refractivity contribution in [3.8, 4) is 0 Å². The lowest BCUT2D eigenvalue weighted by Crippen LogP contribution is -2.28. The molecule has 0 aliphatic carbocycles.